The predicted molar refractivity (Wildman–Crippen MR) is 260 cm³/mol. The van der Waals surface area contributed by atoms with Crippen molar-refractivity contribution in [1.82, 2.24) is 4.57 Å². The molecule has 0 bridgehead atoms. The summed E-state index contributed by atoms with van der Waals surface area (Å²) in [6.45, 7) is 0. The molecule has 0 fully saturated rings. The maximum absolute atomic E-state index is 2.44. The number of hydrogen-bond donors (Lipinski definition) is 0. The third-order valence-electron chi connectivity index (χ3n) is 11.8. The van der Waals surface area contributed by atoms with Gasteiger partial charge in [0.05, 0.1) is 15.9 Å². The summed E-state index contributed by atoms with van der Waals surface area (Å²) in [7, 11) is 0. The second kappa shape index (κ2) is 14.2. The quantitative estimate of drug-likeness (QED) is 0.156. The minimum absolute atomic E-state index is 1.11. The molecule has 3 aromatic heterocycles. The van der Waals surface area contributed by atoms with Crippen LogP contribution in [-0.2, 0) is 0 Å². The summed E-state index contributed by atoms with van der Waals surface area (Å²) < 4.78 is 6.28. The number of benzene rings is 9. The van der Waals surface area contributed by atoms with Crippen molar-refractivity contribution in [3.05, 3.63) is 218 Å². The zero-order valence-corrected chi connectivity index (χ0v) is 34.1. The van der Waals surface area contributed by atoms with Crippen LogP contribution in [-0.4, -0.2) is 4.57 Å². The average Bonchev–Trinajstić information content (AvgIpc) is 4.00. The molecule has 0 radical (unpaired) electrons. The fourth-order valence-electron chi connectivity index (χ4n) is 9.02. The van der Waals surface area contributed by atoms with E-state index in [1.807, 2.05) is 22.7 Å². The molecule has 0 N–H and O–H groups in total. The fraction of sp³-hybridized carbons (Fsp3) is 0. The van der Waals surface area contributed by atoms with Gasteiger partial charge >= 0.3 is 0 Å². The van der Waals surface area contributed by atoms with Gasteiger partial charge in [0.15, 0.2) is 0 Å². The van der Waals surface area contributed by atoms with Gasteiger partial charge in [-0.1, -0.05) is 158 Å². The standard InChI is InChI=1S/C56H36N2S2/c1-4-14-37(15-5-1)38-24-29-43(30-25-38)57(50-35-34-45(40-16-6-2-7-17-40)53-47-21-11-13-23-51(47)59-55(50)53)44-31-26-39(27-32-44)41-28-33-48-52(36-41)60-56-54(48)46-20-10-12-22-49(46)58(56)42-18-8-3-9-19-42/h1-36H. The first-order chi connectivity index (χ1) is 29.8. The van der Waals surface area contributed by atoms with Gasteiger partial charge in [0.1, 0.15) is 4.83 Å². The minimum atomic E-state index is 1.11. The fourth-order valence-corrected chi connectivity index (χ4v) is 11.5. The third-order valence-corrected chi connectivity index (χ3v) is 14.2. The summed E-state index contributed by atoms with van der Waals surface area (Å²) >= 11 is 3.75. The van der Waals surface area contributed by atoms with Gasteiger partial charge in [0, 0.05) is 53.4 Å². The summed E-state index contributed by atoms with van der Waals surface area (Å²) in [4.78, 5) is 3.72. The normalized spacial score (nSPS) is 11.7. The highest BCUT2D eigenvalue weighted by atomic mass is 32.1. The summed E-state index contributed by atoms with van der Waals surface area (Å²) in [6, 6.07) is 79.6. The molecule has 0 aliphatic rings. The van der Waals surface area contributed by atoms with E-state index in [0.29, 0.717) is 0 Å². The van der Waals surface area contributed by atoms with Crippen LogP contribution in [0.1, 0.15) is 0 Å². The summed E-state index contributed by atoms with van der Waals surface area (Å²) in [6.07, 6.45) is 0. The van der Waals surface area contributed by atoms with Gasteiger partial charge in [-0.25, -0.2) is 0 Å². The Morgan fingerprint density at radius 1 is 0.367 bits per heavy atom. The zero-order chi connectivity index (χ0) is 39.6. The lowest BCUT2D eigenvalue weighted by Crippen LogP contribution is -2.10. The van der Waals surface area contributed by atoms with E-state index in [4.69, 9.17) is 0 Å². The number of anilines is 3. The van der Waals surface area contributed by atoms with Crippen LogP contribution in [0.3, 0.4) is 0 Å². The molecule has 3 heterocycles. The van der Waals surface area contributed by atoms with Crippen molar-refractivity contribution < 1.29 is 0 Å². The number of para-hydroxylation sites is 2. The van der Waals surface area contributed by atoms with Crippen LogP contribution in [0.5, 0.6) is 0 Å². The van der Waals surface area contributed by atoms with Crippen LogP contribution in [0.4, 0.5) is 17.1 Å². The smallest absolute Gasteiger partial charge is 0.109 e. The first kappa shape index (κ1) is 34.8. The van der Waals surface area contributed by atoms with E-state index >= 15 is 0 Å². The van der Waals surface area contributed by atoms with Crippen molar-refractivity contribution in [2.24, 2.45) is 0 Å². The lowest BCUT2D eigenvalue weighted by Gasteiger charge is -2.27. The van der Waals surface area contributed by atoms with Crippen LogP contribution in [0, 0.1) is 0 Å². The summed E-state index contributed by atoms with van der Waals surface area (Å²) in [5, 5.41) is 6.51. The van der Waals surface area contributed by atoms with Gasteiger partial charge in [0.25, 0.3) is 0 Å². The Hall–Kier alpha value is -7.24. The molecule has 0 spiro atoms. The van der Waals surface area contributed by atoms with Crippen LogP contribution in [0.2, 0.25) is 0 Å². The lowest BCUT2D eigenvalue weighted by atomic mass is 9.98. The molecule has 0 aliphatic carbocycles. The Morgan fingerprint density at radius 3 is 1.63 bits per heavy atom. The average molecular weight is 801 g/mol. The number of aromatic nitrogens is 1. The number of rotatable bonds is 7. The summed E-state index contributed by atoms with van der Waals surface area (Å²) in [5.74, 6) is 0. The molecule has 2 nitrogen and oxygen atoms in total. The SMILES string of the molecule is c1ccc(-c2ccc(N(c3ccc(-c4ccc5c(c4)sc4c5c5ccccc5n4-c4ccccc4)cc3)c3ccc(-c4ccccc4)c4c3sc3ccccc34)cc2)cc1. The molecular formula is C56H36N2S2. The van der Waals surface area contributed by atoms with Gasteiger partial charge < -0.3 is 9.47 Å². The predicted octanol–water partition coefficient (Wildman–Crippen LogP) is 16.8. The van der Waals surface area contributed by atoms with E-state index in [2.05, 4.69) is 228 Å². The van der Waals surface area contributed by atoms with E-state index in [1.54, 1.807) is 0 Å². The molecule has 4 heteroatoms. The molecule has 12 rings (SSSR count). The first-order valence-corrected chi connectivity index (χ1v) is 22.0. The molecule has 60 heavy (non-hydrogen) atoms. The largest absolute Gasteiger partial charge is 0.309 e. The van der Waals surface area contributed by atoms with Crippen molar-refractivity contribution in [1.29, 1.82) is 0 Å². The van der Waals surface area contributed by atoms with Gasteiger partial charge in [-0.05, 0) is 94.0 Å². The van der Waals surface area contributed by atoms with Crippen molar-refractivity contribution >= 4 is 91.1 Å². The van der Waals surface area contributed by atoms with Gasteiger partial charge in [-0.15, -0.1) is 22.7 Å². The highest BCUT2D eigenvalue weighted by Crippen LogP contribution is 2.49. The Labute approximate surface area is 356 Å². The highest BCUT2D eigenvalue weighted by molar-refractivity contribution is 7.26. The van der Waals surface area contributed by atoms with Crippen molar-refractivity contribution in [3.63, 3.8) is 0 Å². The number of fused-ring (bicyclic) bond motifs is 8. The molecule has 0 atom stereocenters. The van der Waals surface area contributed by atoms with Gasteiger partial charge in [0.2, 0.25) is 0 Å². The number of hydrogen-bond acceptors (Lipinski definition) is 3. The third kappa shape index (κ3) is 5.68. The number of nitrogens with zero attached hydrogens (tertiary/aromatic N) is 2. The van der Waals surface area contributed by atoms with Gasteiger partial charge in [-0.3, -0.25) is 0 Å². The maximum atomic E-state index is 2.44. The van der Waals surface area contributed by atoms with E-state index in [0.717, 1.165) is 11.4 Å². The van der Waals surface area contributed by atoms with Gasteiger partial charge in [-0.2, -0.15) is 0 Å². The molecular weight excluding hydrogens is 765 g/mol. The van der Waals surface area contributed by atoms with Crippen molar-refractivity contribution in [3.8, 4) is 39.1 Å². The molecule has 0 saturated carbocycles. The number of thiophene rings is 2. The topological polar surface area (TPSA) is 8.17 Å². The Kier molecular flexibility index (Phi) is 8.25. The molecule has 0 aliphatic heterocycles. The van der Waals surface area contributed by atoms with E-state index < -0.39 is 0 Å². The van der Waals surface area contributed by atoms with Crippen LogP contribution in [0.25, 0.3) is 90.4 Å². The minimum Gasteiger partial charge on any atom is -0.309 e. The van der Waals surface area contributed by atoms with Crippen LogP contribution < -0.4 is 4.90 Å². The molecule has 9 aromatic carbocycles. The van der Waals surface area contributed by atoms with E-state index in [-0.39, 0.29) is 0 Å². The van der Waals surface area contributed by atoms with Crippen molar-refractivity contribution in [2.75, 3.05) is 4.90 Å². The Morgan fingerprint density at radius 2 is 0.917 bits per heavy atom. The lowest BCUT2D eigenvalue weighted by molar-refractivity contribution is 1.19. The first-order valence-electron chi connectivity index (χ1n) is 20.3. The highest BCUT2D eigenvalue weighted by Gasteiger charge is 2.22. The summed E-state index contributed by atoms with van der Waals surface area (Å²) in [5.41, 5.74) is 13.1. The Balaban J connectivity index is 0.995. The maximum Gasteiger partial charge on any atom is 0.109 e. The zero-order valence-electron chi connectivity index (χ0n) is 32.5. The van der Waals surface area contributed by atoms with Crippen molar-refractivity contribution in [2.45, 2.75) is 0 Å². The van der Waals surface area contributed by atoms with Crippen LogP contribution >= 0.6 is 22.7 Å². The Bertz CT molecular complexity index is 3510. The second-order valence-corrected chi connectivity index (χ2v) is 17.4. The molecule has 282 valence electrons. The monoisotopic (exact) mass is 800 g/mol. The second-order valence-electron chi connectivity index (χ2n) is 15.3. The molecule has 0 saturated heterocycles. The van der Waals surface area contributed by atoms with E-state index in [9.17, 15) is 0 Å². The molecule has 0 unspecified atom stereocenters. The molecule has 0 amide bonds. The molecule has 12 aromatic rings. The van der Waals surface area contributed by atoms with Crippen LogP contribution in [0.15, 0.2) is 218 Å². The van der Waals surface area contributed by atoms with E-state index in [1.165, 1.54) is 96.1 Å².